The Morgan fingerprint density at radius 2 is 1.37 bits per heavy atom. The molecule has 38 heavy (non-hydrogen) atoms. The number of hydrogen-bond acceptors (Lipinski definition) is 6. The molecule has 0 spiro atoms. The van der Waals surface area contributed by atoms with Crippen molar-refractivity contribution in [2.45, 2.75) is 24.9 Å². The summed E-state index contributed by atoms with van der Waals surface area (Å²) in [6, 6.07) is 34.9. The number of fused-ring (bicyclic) bond motifs is 1. The minimum absolute atomic E-state index is 0.250. The lowest BCUT2D eigenvalue weighted by atomic mass is 10.1. The summed E-state index contributed by atoms with van der Waals surface area (Å²) in [5.41, 5.74) is 4.80. The third-order valence-corrected chi connectivity index (χ3v) is 7.72. The lowest BCUT2D eigenvalue weighted by Crippen LogP contribution is -2.33. The van der Waals surface area contributed by atoms with Crippen LogP contribution >= 0.6 is 0 Å². The number of benzene rings is 4. The van der Waals surface area contributed by atoms with E-state index < -0.39 is 9.84 Å². The SMILES string of the molecule is Cc1ccc(S(=O)(=O)CN=C(CN(Cc2ccccc2)Cc2ccccc2)n2nnc3ccccc32)cc1. The van der Waals surface area contributed by atoms with Crippen LogP contribution in [0.3, 0.4) is 0 Å². The van der Waals surface area contributed by atoms with E-state index in [0.717, 1.165) is 27.7 Å². The molecule has 0 saturated heterocycles. The van der Waals surface area contributed by atoms with Gasteiger partial charge in [-0.05, 0) is 42.3 Å². The van der Waals surface area contributed by atoms with E-state index in [-0.39, 0.29) is 10.8 Å². The topological polar surface area (TPSA) is 80.5 Å². The summed E-state index contributed by atoms with van der Waals surface area (Å²) in [6.07, 6.45) is 0. The fourth-order valence-corrected chi connectivity index (χ4v) is 5.29. The van der Waals surface area contributed by atoms with Crippen LogP contribution in [0.25, 0.3) is 11.0 Å². The number of hydrogen-bond donors (Lipinski definition) is 0. The number of para-hydroxylation sites is 1. The summed E-state index contributed by atoms with van der Waals surface area (Å²) in [4.78, 5) is 7.14. The van der Waals surface area contributed by atoms with Crippen molar-refractivity contribution in [3.05, 3.63) is 126 Å². The van der Waals surface area contributed by atoms with Gasteiger partial charge in [0.1, 0.15) is 17.2 Å². The van der Waals surface area contributed by atoms with E-state index in [1.807, 2.05) is 67.6 Å². The molecule has 0 amide bonds. The number of aliphatic imine (C=N–C) groups is 1. The number of rotatable bonds is 9. The molecular formula is C30H29N5O2S. The predicted molar refractivity (Wildman–Crippen MR) is 151 cm³/mol. The first kappa shape index (κ1) is 25.5. The van der Waals surface area contributed by atoms with E-state index in [1.165, 1.54) is 0 Å². The molecule has 192 valence electrons. The summed E-state index contributed by atoms with van der Waals surface area (Å²) >= 11 is 0. The lowest BCUT2D eigenvalue weighted by Gasteiger charge is -2.23. The van der Waals surface area contributed by atoms with Crippen LogP contribution in [0.4, 0.5) is 0 Å². The van der Waals surface area contributed by atoms with Crippen molar-refractivity contribution in [2.75, 3.05) is 12.4 Å². The zero-order valence-electron chi connectivity index (χ0n) is 21.2. The molecule has 1 aromatic heterocycles. The van der Waals surface area contributed by atoms with Crippen molar-refractivity contribution in [1.29, 1.82) is 0 Å². The van der Waals surface area contributed by atoms with Crippen LogP contribution < -0.4 is 0 Å². The Kier molecular flexibility index (Phi) is 7.72. The van der Waals surface area contributed by atoms with Gasteiger partial charge in [0.2, 0.25) is 0 Å². The quantitative estimate of drug-likeness (QED) is 0.198. The van der Waals surface area contributed by atoms with Gasteiger partial charge in [-0.3, -0.25) is 9.89 Å². The van der Waals surface area contributed by atoms with Crippen LogP contribution in [0, 0.1) is 6.92 Å². The van der Waals surface area contributed by atoms with Gasteiger partial charge in [-0.25, -0.2) is 8.42 Å². The Morgan fingerprint density at radius 3 is 2.00 bits per heavy atom. The molecule has 0 radical (unpaired) electrons. The van der Waals surface area contributed by atoms with Crippen LogP contribution in [0.2, 0.25) is 0 Å². The second-order valence-electron chi connectivity index (χ2n) is 9.24. The van der Waals surface area contributed by atoms with Crippen LogP contribution in [0.15, 0.2) is 119 Å². The average Bonchev–Trinajstić information content (AvgIpc) is 3.36. The zero-order chi connectivity index (χ0) is 26.4. The molecule has 5 aromatic rings. The number of aryl methyl sites for hydroxylation is 1. The van der Waals surface area contributed by atoms with E-state index in [0.29, 0.717) is 25.5 Å². The van der Waals surface area contributed by atoms with E-state index in [9.17, 15) is 8.42 Å². The first-order valence-electron chi connectivity index (χ1n) is 12.4. The van der Waals surface area contributed by atoms with Crippen LogP contribution in [-0.2, 0) is 22.9 Å². The highest BCUT2D eigenvalue weighted by atomic mass is 32.2. The van der Waals surface area contributed by atoms with Gasteiger partial charge in [-0.2, -0.15) is 4.68 Å². The van der Waals surface area contributed by atoms with E-state index in [1.54, 1.807) is 28.9 Å². The fraction of sp³-hybridized carbons (Fsp3) is 0.167. The van der Waals surface area contributed by atoms with Gasteiger partial charge in [-0.1, -0.05) is 95.7 Å². The van der Waals surface area contributed by atoms with E-state index in [2.05, 4.69) is 44.5 Å². The summed E-state index contributed by atoms with van der Waals surface area (Å²) in [7, 11) is -3.64. The first-order chi connectivity index (χ1) is 18.5. The van der Waals surface area contributed by atoms with Gasteiger partial charge in [-0.15, -0.1) is 5.10 Å². The zero-order valence-corrected chi connectivity index (χ0v) is 22.0. The number of sulfone groups is 1. The monoisotopic (exact) mass is 523 g/mol. The fourth-order valence-electron chi connectivity index (χ4n) is 4.27. The minimum Gasteiger partial charge on any atom is -0.287 e. The smallest absolute Gasteiger partial charge is 0.198 e. The number of nitrogens with zero attached hydrogens (tertiary/aromatic N) is 5. The molecule has 7 nitrogen and oxygen atoms in total. The lowest BCUT2D eigenvalue weighted by molar-refractivity contribution is 0.292. The third kappa shape index (κ3) is 6.22. The molecule has 4 aromatic carbocycles. The van der Waals surface area contributed by atoms with Gasteiger partial charge in [0.05, 0.1) is 17.0 Å². The number of aromatic nitrogens is 3. The van der Waals surface area contributed by atoms with E-state index >= 15 is 0 Å². The highest BCUT2D eigenvalue weighted by Gasteiger charge is 2.19. The second-order valence-corrected chi connectivity index (χ2v) is 11.2. The molecule has 0 aliphatic heterocycles. The van der Waals surface area contributed by atoms with Gasteiger partial charge >= 0.3 is 0 Å². The molecule has 0 bridgehead atoms. The molecule has 8 heteroatoms. The molecule has 0 atom stereocenters. The molecule has 0 aliphatic rings. The normalized spacial score (nSPS) is 12.3. The summed E-state index contributed by atoms with van der Waals surface area (Å²) in [5, 5.41) is 8.65. The molecule has 0 unspecified atom stereocenters. The maximum absolute atomic E-state index is 13.2. The van der Waals surface area contributed by atoms with Crippen LogP contribution in [-0.4, -0.2) is 46.6 Å². The highest BCUT2D eigenvalue weighted by molar-refractivity contribution is 7.91. The molecule has 5 rings (SSSR count). The van der Waals surface area contributed by atoms with Gasteiger partial charge in [0.25, 0.3) is 0 Å². The Balaban J connectivity index is 1.51. The van der Waals surface area contributed by atoms with Gasteiger partial charge in [0.15, 0.2) is 9.84 Å². The molecule has 0 aliphatic carbocycles. The highest BCUT2D eigenvalue weighted by Crippen LogP contribution is 2.16. The first-order valence-corrected chi connectivity index (χ1v) is 14.1. The second kappa shape index (κ2) is 11.5. The third-order valence-electron chi connectivity index (χ3n) is 6.26. The Hall–Kier alpha value is -4.14. The standard InChI is InChI=1S/C30H29N5O2S/c1-24-16-18-27(19-17-24)38(36,37)23-31-30(35-29-15-9-8-14-28(29)32-33-35)22-34(20-25-10-4-2-5-11-25)21-26-12-6-3-7-13-26/h2-19H,20-23H2,1H3. The molecular weight excluding hydrogens is 494 g/mol. The Morgan fingerprint density at radius 1 is 0.789 bits per heavy atom. The van der Waals surface area contributed by atoms with Crippen molar-refractivity contribution in [1.82, 2.24) is 19.9 Å². The van der Waals surface area contributed by atoms with Crippen LogP contribution in [0.5, 0.6) is 0 Å². The van der Waals surface area contributed by atoms with Crippen molar-refractivity contribution in [3.8, 4) is 0 Å². The largest absolute Gasteiger partial charge is 0.287 e. The van der Waals surface area contributed by atoms with Crippen LogP contribution in [0.1, 0.15) is 16.7 Å². The van der Waals surface area contributed by atoms with Crippen molar-refractivity contribution in [2.24, 2.45) is 4.99 Å². The molecule has 1 heterocycles. The summed E-state index contributed by atoms with van der Waals surface area (Å²) in [5.74, 6) is 0.130. The predicted octanol–water partition coefficient (Wildman–Crippen LogP) is 5.12. The maximum Gasteiger partial charge on any atom is 0.198 e. The molecule has 0 fully saturated rings. The van der Waals surface area contributed by atoms with Crippen molar-refractivity contribution >= 4 is 26.7 Å². The Bertz CT molecular complexity index is 1590. The molecule has 0 N–H and O–H groups in total. The van der Waals surface area contributed by atoms with Crippen molar-refractivity contribution in [3.63, 3.8) is 0 Å². The summed E-state index contributed by atoms with van der Waals surface area (Å²) < 4.78 is 28.0. The maximum atomic E-state index is 13.2. The minimum atomic E-state index is -3.64. The molecule has 0 saturated carbocycles. The van der Waals surface area contributed by atoms with Gasteiger partial charge < -0.3 is 0 Å². The Labute approximate surface area is 223 Å². The van der Waals surface area contributed by atoms with Crippen molar-refractivity contribution < 1.29 is 8.42 Å². The van der Waals surface area contributed by atoms with Gasteiger partial charge in [0, 0.05) is 13.1 Å². The summed E-state index contributed by atoms with van der Waals surface area (Å²) in [6.45, 7) is 3.62. The average molecular weight is 524 g/mol. The van der Waals surface area contributed by atoms with E-state index in [4.69, 9.17) is 0 Å².